The minimum Gasteiger partial charge on any atom is -0.494 e. The fourth-order valence-electron chi connectivity index (χ4n) is 1.91. The van der Waals surface area contributed by atoms with Crippen LogP contribution in [-0.4, -0.2) is 10.1 Å². The molecule has 0 fully saturated rings. The van der Waals surface area contributed by atoms with Crippen LogP contribution in [0.25, 0.3) is 0 Å². The second-order valence-corrected chi connectivity index (χ2v) is 4.20. The number of nitrogens with zero attached hydrogens (tertiary/aromatic N) is 1. The van der Waals surface area contributed by atoms with E-state index in [9.17, 15) is 9.90 Å². The third kappa shape index (κ3) is 3.10. The summed E-state index contributed by atoms with van der Waals surface area (Å²) in [7, 11) is 0. The molecule has 0 radical (unpaired) electrons. The standard InChI is InChI=1S/C13H18N2O2/c1-3-4-5-6-7-10-9(2)11(8-14)13(17)15-12(10)16/h3-7H2,1-2H3,(H2,15,16,17). The van der Waals surface area contributed by atoms with Gasteiger partial charge in [0.15, 0.2) is 5.88 Å². The third-order valence-corrected chi connectivity index (χ3v) is 2.96. The summed E-state index contributed by atoms with van der Waals surface area (Å²) in [6.45, 7) is 3.85. The molecule has 0 aliphatic heterocycles. The Balaban J connectivity index is 2.92. The molecule has 1 heterocycles. The van der Waals surface area contributed by atoms with Gasteiger partial charge in [-0.2, -0.15) is 5.26 Å². The zero-order valence-corrected chi connectivity index (χ0v) is 10.3. The number of hydrogen-bond donors (Lipinski definition) is 2. The summed E-state index contributed by atoms with van der Waals surface area (Å²) >= 11 is 0. The molecular formula is C13H18N2O2. The van der Waals surface area contributed by atoms with Crippen LogP contribution < -0.4 is 5.56 Å². The Morgan fingerprint density at radius 3 is 2.65 bits per heavy atom. The predicted molar refractivity (Wildman–Crippen MR) is 66.0 cm³/mol. The Labute approximate surface area is 101 Å². The normalized spacial score (nSPS) is 10.2. The number of aromatic hydroxyl groups is 1. The largest absolute Gasteiger partial charge is 0.494 e. The van der Waals surface area contributed by atoms with Crippen molar-refractivity contribution in [1.29, 1.82) is 5.26 Å². The van der Waals surface area contributed by atoms with Crippen LogP contribution >= 0.6 is 0 Å². The van der Waals surface area contributed by atoms with Gasteiger partial charge < -0.3 is 5.11 Å². The molecule has 0 aliphatic carbocycles. The van der Waals surface area contributed by atoms with Crippen molar-refractivity contribution in [2.24, 2.45) is 0 Å². The molecule has 0 amide bonds. The number of aromatic nitrogens is 1. The third-order valence-electron chi connectivity index (χ3n) is 2.96. The van der Waals surface area contributed by atoms with Crippen LogP contribution in [0.4, 0.5) is 0 Å². The summed E-state index contributed by atoms with van der Waals surface area (Å²) in [5.41, 5.74) is 0.885. The fourth-order valence-corrected chi connectivity index (χ4v) is 1.91. The molecule has 0 bridgehead atoms. The predicted octanol–water partition coefficient (Wildman–Crippen LogP) is 2.38. The Bertz CT molecular complexity index is 483. The smallest absolute Gasteiger partial charge is 0.268 e. The number of unbranched alkanes of at least 4 members (excludes halogenated alkanes) is 3. The van der Waals surface area contributed by atoms with Crippen molar-refractivity contribution >= 4 is 0 Å². The lowest BCUT2D eigenvalue weighted by molar-refractivity contribution is 0.441. The monoisotopic (exact) mass is 234 g/mol. The first-order valence-corrected chi connectivity index (χ1v) is 5.96. The minimum atomic E-state index is -0.514. The second kappa shape index (κ2) is 6.09. The number of pyridine rings is 1. The van der Waals surface area contributed by atoms with Crippen LogP contribution in [0.2, 0.25) is 0 Å². The van der Waals surface area contributed by atoms with E-state index < -0.39 is 5.56 Å². The van der Waals surface area contributed by atoms with Gasteiger partial charge in [0.25, 0.3) is 5.56 Å². The molecule has 0 saturated heterocycles. The van der Waals surface area contributed by atoms with Gasteiger partial charge in [-0.1, -0.05) is 26.2 Å². The zero-order valence-electron chi connectivity index (χ0n) is 10.3. The van der Waals surface area contributed by atoms with Crippen LogP contribution in [0.15, 0.2) is 4.79 Å². The maximum Gasteiger partial charge on any atom is 0.268 e. The van der Waals surface area contributed by atoms with E-state index in [1.165, 1.54) is 0 Å². The van der Waals surface area contributed by atoms with Gasteiger partial charge in [-0.25, -0.2) is 0 Å². The van der Waals surface area contributed by atoms with Gasteiger partial charge in [0, 0.05) is 5.56 Å². The van der Waals surface area contributed by atoms with E-state index in [0.717, 1.165) is 25.7 Å². The maximum atomic E-state index is 11.4. The van der Waals surface area contributed by atoms with E-state index in [4.69, 9.17) is 5.26 Å². The first kappa shape index (κ1) is 13.3. The van der Waals surface area contributed by atoms with Crippen LogP contribution in [0, 0.1) is 18.3 Å². The average Bonchev–Trinajstić information content (AvgIpc) is 2.28. The van der Waals surface area contributed by atoms with Gasteiger partial charge in [-0.3, -0.25) is 9.78 Å². The molecule has 0 saturated carbocycles. The van der Waals surface area contributed by atoms with Crippen molar-refractivity contribution in [2.45, 2.75) is 46.0 Å². The summed E-state index contributed by atoms with van der Waals surface area (Å²) in [5.74, 6) is -0.0944. The number of H-pyrrole nitrogens is 1. The minimum absolute atomic E-state index is 0.0944. The number of nitriles is 1. The fraction of sp³-hybridized carbons (Fsp3) is 0.538. The van der Waals surface area contributed by atoms with Crippen molar-refractivity contribution in [3.8, 4) is 11.9 Å². The first-order valence-electron chi connectivity index (χ1n) is 5.96. The number of nitrogens with one attached hydrogen (secondary N) is 1. The van der Waals surface area contributed by atoms with Crippen molar-refractivity contribution in [1.82, 2.24) is 4.98 Å². The topological polar surface area (TPSA) is 76.9 Å². The van der Waals surface area contributed by atoms with Gasteiger partial charge in [0.1, 0.15) is 11.6 Å². The van der Waals surface area contributed by atoms with Crippen molar-refractivity contribution < 1.29 is 5.11 Å². The van der Waals surface area contributed by atoms with Crippen LogP contribution in [0.1, 0.15) is 49.3 Å². The molecule has 1 aromatic rings. The molecule has 92 valence electrons. The number of aromatic amines is 1. The average molecular weight is 234 g/mol. The summed E-state index contributed by atoms with van der Waals surface area (Å²) in [4.78, 5) is 13.7. The van der Waals surface area contributed by atoms with Gasteiger partial charge in [-0.15, -0.1) is 0 Å². The van der Waals surface area contributed by atoms with Crippen molar-refractivity contribution in [3.05, 3.63) is 27.0 Å². The Kier molecular flexibility index (Phi) is 4.77. The van der Waals surface area contributed by atoms with Crippen molar-refractivity contribution in [3.63, 3.8) is 0 Å². The molecule has 1 rings (SSSR count). The molecule has 1 aromatic heterocycles. The highest BCUT2D eigenvalue weighted by molar-refractivity contribution is 5.44. The molecular weight excluding hydrogens is 216 g/mol. The van der Waals surface area contributed by atoms with Gasteiger partial charge in [-0.05, 0) is 25.3 Å². The molecule has 4 heteroatoms. The second-order valence-electron chi connectivity index (χ2n) is 4.20. The summed E-state index contributed by atoms with van der Waals surface area (Å²) in [5, 5.41) is 18.6. The summed E-state index contributed by atoms with van der Waals surface area (Å²) in [6.07, 6.45) is 5.06. The SMILES string of the molecule is CCCCCCc1c(O)[nH]c(=O)c(C#N)c1C. The number of hydrogen-bond acceptors (Lipinski definition) is 3. The van der Waals surface area contributed by atoms with E-state index in [1.54, 1.807) is 6.92 Å². The van der Waals surface area contributed by atoms with Gasteiger partial charge in [0.05, 0.1) is 0 Å². The summed E-state index contributed by atoms with van der Waals surface area (Å²) < 4.78 is 0. The Morgan fingerprint density at radius 2 is 2.06 bits per heavy atom. The number of rotatable bonds is 5. The molecule has 4 nitrogen and oxygen atoms in total. The highest BCUT2D eigenvalue weighted by atomic mass is 16.3. The molecule has 0 aromatic carbocycles. The maximum absolute atomic E-state index is 11.4. The Hall–Kier alpha value is -1.76. The molecule has 0 aliphatic rings. The molecule has 0 atom stereocenters. The van der Waals surface area contributed by atoms with Gasteiger partial charge in [0.2, 0.25) is 0 Å². The lowest BCUT2D eigenvalue weighted by atomic mass is 10.00. The summed E-state index contributed by atoms with van der Waals surface area (Å²) in [6, 6.07) is 1.88. The van der Waals surface area contributed by atoms with E-state index >= 15 is 0 Å². The molecule has 17 heavy (non-hydrogen) atoms. The quantitative estimate of drug-likeness (QED) is 0.768. The molecule has 2 N–H and O–H groups in total. The van der Waals surface area contributed by atoms with Crippen LogP contribution in [0.3, 0.4) is 0 Å². The van der Waals surface area contributed by atoms with E-state index in [-0.39, 0.29) is 11.4 Å². The highest BCUT2D eigenvalue weighted by Gasteiger charge is 2.13. The van der Waals surface area contributed by atoms with Crippen molar-refractivity contribution in [2.75, 3.05) is 0 Å². The Morgan fingerprint density at radius 1 is 1.35 bits per heavy atom. The van der Waals surface area contributed by atoms with E-state index in [0.29, 0.717) is 17.5 Å². The van der Waals surface area contributed by atoms with E-state index in [2.05, 4.69) is 11.9 Å². The van der Waals surface area contributed by atoms with Crippen LogP contribution in [-0.2, 0) is 6.42 Å². The van der Waals surface area contributed by atoms with Crippen LogP contribution in [0.5, 0.6) is 5.88 Å². The lowest BCUT2D eigenvalue weighted by Crippen LogP contribution is -2.14. The first-order chi connectivity index (χ1) is 8.11. The zero-order chi connectivity index (χ0) is 12.8. The van der Waals surface area contributed by atoms with Gasteiger partial charge >= 0.3 is 0 Å². The lowest BCUT2D eigenvalue weighted by Gasteiger charge is -2.08. The highest BCUT2D eigenvalue weighted by Crippen LogP contribution is 2.21. The molecule has 0 spiro atoms. The molecule has 0 unspecified atom stereocenters. The van der Waals surface area contributed by atoms with E-state index in [1.807, 2.05) is 6.07 Å².